The first-order valence-electron chi connectivity index (χ1n) is 2.76. The molecule has 1 aromatic rings. The van der Waals surface area contributed by atoms with Crippen molar-refractivity contribution in [1.29, 1.82) is 0 Å². The number of hydrogen-bond donors (Lipinski definition) is 0. The molecule has 0 aliphatic carbocycles. The van der Waals surface area contributed by atoms with E-state index in [1.54, 1.807) is 25.3 Å². The van der Waals surface area contributed by atoms with Crippen LogP contribution in [0.4, 0.5) is 0 Å². The van der Waals surface area contributed by atoms with Crippen LogP contribution in [0.1, 0.15) is 0 Å². The first kappa shape index (κ1) is 11.1. The summed E-state index contributed by atoms with van der Waals surface area (Å²) in [7, 11) is 1.60. The van der Waals surface area contributed by atoms with Crippen molar-refractivity contribution >= 4 is 25.3 Å². The molecule has 0 N–H and O–H groups in total. The molecular formula is C7H6OS2Zn. The Kier molecular flexibility index (Phi) is 4.90. The van der Waals surface area contributed by atoms with Crippen LogP contribution in [0.3, 0.4) is 0 Å². The number of methoxy groups -OCH3 is 1. The maximum atomic E-state index is 4.94. The third-order valence-corrected chi connectivity index (χ3v) is 1.97. The van der Waals surface area contributed by atoms with Crippen LogP contribution in [0.25, 0.3) is 0 Å². The molecule has 0 aromatic heterocycles. The summed E-state index contributed by atoms with van der Waals surface area (Å²) in [6, 6.07) is 5.33. The van der Waals surface area contributed by atoms with E-state index in [2.05, 4.69) is 0 Å². The van der Waals surface area contributed by atoms with Gasteiger partial charge < -0.3 is 30.0 Å². The Morgan fingerprint density at radius 2 is 1.82 bits per heavy atom. The van der Waals surface area contributed by atoms with Gasteiger partial charge in [-0.1, -0.05) is 6.07 Å². The van der Waals surface area contributed by atoms with Crippen molar-refractivity contribution in [3.63, 3.8) is 0 Å². The third kappa shape index (κ3) is 2.90. The van der Waals surface area contributed by atoms with Gasteiger partial charge in [-0.25, -0.2) is 0 Å². The molecule has 0 aliphatic rings. The molecule has 0 aliphatic heterocycles. The van der Waals surface area contributed by atoms with Crippen LogP contribution < -0.4 is 4.74 Å². The van der Waals surface area contributed by atoms with Crippen LogP contribution in [-0.4, -0.2) is 7.11 Å². The van der Waals surface area contributed by atoms with Crippen LogP contribution in [-0.2, 0) is 44.7 Å². The quantitative estimate of drug-likeness (QED) is 0.539. The number of benzene rings is 1. The van der Waals surface area contributed by atoms with Crippen molar-refractivity contribution in [2.45, 2.75) is 9.79 Å². The van der Waals surface area contributed by atoms with E-state index in [1.165, 1.54) is 0 Å². The Morgan fingerprint density at radius 3 is 2.27 bits per heavy atom. The SMILES string of the molecule is COc1ccc([S-])c([S-])c1.[Zn+2]. The molecule has 0 amide bonds. The number of ether oxygens (including phenoxy) is 1. The van der Waals surface area contributed by atoms with Crippen molar-refractivity contribution in [2.24, 2.45) is 0 Å². The average molecular weight is 236 g/mol. The van der Waals surface area contributed by atoms with Gasteiger partial charge >= 0.3 is 19.5 Å². The van der Waals surface area contributed by atoms with Gasteiger partial charge in [0.2, 0.25) is 0 Å². The van der Waals surface area contributed by atoms with Gasteiger partial charge in [0.25, 0.3) is 0 Å². The van der Waals surface area contributed by atoms with Crippen LogP contribution in [0.2, 0.25) is 0 Å². The Bertz CT molecular complexity index is 240. The zero-order valence-electron chi connectivity index (χ0n) is 6.16. The van der Waals surface area contributed by atoms with Gasteiger partial charge in [-0.3, -0.25) is 0 Å². The Morgan fingerprint density at radius 1 is 1.18 bits per heavy atom. The molecule has 0 fully saturated rings. The summed E-state index contributed by atoms with van der Waals surface area (Å²) < 4.78 is 4.94. The molecule has 0 spiro atoms. The minimum atomic E-state index is 0. The molecule has 1 nitrogen and oxygen atoms in total. The van der Waals surface area contributed by atoms with Crippen molar-refractivity contribution in [3.05, 3.63) is 18.2 Å². The summed E-state index contributed by atoms with van der Waals surface area (Å²) in [6.07, 6.45) is 0. The average Bonchev–Trinajstić information content (AvgIpc) is 1.95. The van der Waals surface area contributed by atoms with Gasteiger partial charge in [0.1, 0.15) is 5.75 Å². The fourth-order valence-corrected chi connectivity index (χ4v) is 0.927. The zero-order chi connectivity index (χ0) is 7.56. The maximum absolute atomic E-state index is 4.94. The fourth-order valence-electron chi connectivity index (χ4n) is 0.615. The smallest absolute Gasteiger partial charge is 0.781 e. The van der Waals surface area contributed by atoms with Crippen LogP contribution in [0.15, 0.2) is 28.0 Å². The molecule has 0 heterocycles. The predicted molar refractivity (Wildman–Crippen MR) is 44.3 cm³/mol. The molecule has 0 saturated carbocycles. The van der Waals surface area contributed by atoms with Crippen LogP contribution in [0.5, 0.6) is 5.75 Å². The maximum Gasteiger partial charge on any atom is 2.00 e. The van der Waals surface area contributed by atoms with Crippen LogP contribution >= 0.6 is 0 Å². The molecule has 1 rings (SSSR count). The van der Waals surface area contributed by atoms with Gasteiger partial charge in [-0.2, -0.15) is 9.79 Å². The molecule has 4 heteroatoms. The molecule has 0 radical (unpaired) electrons. The molecule has 11 heavy (non-hydrogen) atoms. The molecule has 0 atom stereocenters. The summed E-state index contributed by atoms with van der Waals surface area (Å²) >= 11 is 9.82. The summed E-state index contributed by atoms with van der Waals surface area (Å²) in [5.74, 6) is 0.763. The second-order valence-corrected chi connectivity index (χ2v) is 2.69. The van der Waals surface area contributed by atoms with Gasteiger partial charge in [0.15, 0.2) is 0 Å². The van der Waals surface area contributed by atoms with E-state index >= 15 is 0 Å². The summed E-state index contributed by atoms with van der Waals surface area (Å²) in [6.45, 7) is 0. The molecule has 1 aromatic carbocycles. The zero-order valence-corrected chi connectivity index (χ0v) is 10.8. The van der Waals surface area contributed by atoms with E-state index in [0.29, 0.717) is 9.79 Å². The van der Waals surface area contributed by atoms with Crippen molar-refractivity contribution in [2.75, 3.05) is 7.11 Å². The molecular weight excluding hydrogens is 230 g/mol. The molecule has 0 bridgehead atoms. The monoisotopic (exact) mass is 234 g/mol. The standard InChI is InChI=1S/C7H8OS2.Zn/c1-8-5-2-3-6(9)7(10)4-5;/h2-4,9-10H,1H3;/q;+2/p-2. The second-order valence-electron chi connectivity index (χ2n) is 1.81. The van der Waals surface area contributed by atoms with Gasteiger partial charge in [0.05, 0.1) is 7.11 Å². The normalized spacial score (nSPS) is 8.45. The van der Waals surface area contributed by atoms with E-state index in [-0.39, 0.29) is 19.5 Å². The molecule has 0 saturated heterocycles. The van der Waals surface area contributed by atoms with Gasteiger partial charge in [-0.05, 0) is 12.1 Å². The Labute approximate surface area is 90.1 Å². The largest absolute Gasteiger partial charge is 2.00 e. The van der Waals surface area contributed by atoms with Crippen LogP contribution in [0, 0.1) is 0 Å². The van der Waals surface area contributed by atoms with Gasteiger partial charge in [0, 0.05) is 0 Å². The Balaban J connectivity index is 0.000001000. The van der Waals surface area contributed by atoms with Crippen molar-refractivity contribution in [1.82, 2.24) is 0 Å². The minimum absolute atomic E-state index is 0. The topological polar surface area (TPSA) is 9.23 Å². The Hall–Kier alpha value is 0.0834. The summed E-state index contributed by atoms with van der Waals surface area (Å²) in [4.78, 5) is 1.38. The van der Waals surface area contributed by atoms with Crippen molar-refractivity contribution in [3.8, 4) is 5.75 Å². The van der Waals surface area contributed by atoms with E-state index < -0.39 is 0 Å². The van der Waals surface area contributed by atoms with Crippen molar-refractivity contribution < 1.29 is 24.2 Å². The van der Waals surface area contributed by atoms with E-state index in [4.69, 9.17) is 30.0 Å². The summed E-state index contributed by atoms with van der Waals surface area (Å²) in [5, 5.41) is 0. The predicted octanol–water partition coefficient (Wildman–Crippen LogP) is 1.50. The number of hydrogen-bond acceptors (Lipinski definition) is 3. The minimum Gasteiger partial charge on any atom is -0.781 e. The van der Waals surface area contributed by atoms with E-state index in [9.17, 15) is 0 Å². The fraction of sp³-hybridized carbons (Fsp3) is 0.143. The van der Waals surface area contributed by atoms with E-state index in [0.717, 1.165) is 5.75 Å². The second kappa shape index (κ2) is 4.86. The molecule has 0 unspecified atom stereocenters. The van der Waals surface area contributed by atoms with Gasteiger partial charge in [-0.15, -0.1) is 0 Å². The van der Waals surface area contributed by atoms with E-state index in [1.807, 2.05) is 0 Å². The molecule has 54 valence electrons. The first-order valence-corrected chi connectivity index (χ1v) is 3.58. The first-order chi connectivity index (χ1) is 4.74. The third-order valence-electron chi connectivity index (χ3n) is 1.15. The number of rotatable bonds is 1. The summed E-state index contributed by atoms with van der Waals surface area (Å²) in [5.41, 5.74) is 0.